The van der Waals surface area contributed by atoms with Crippen molar-refractivity contribution in [1.29, 1.82) is 0 Å². The van der Waals surface area contributed by atoms with Gasteiger partial charge in [0.25, 0.3) is 0 Å². The number of nitrogens with zero attached hydrogens (tertiary/aromatic N) is 3. The summed E-state index contributed by atoms with van der Waals surface area (Å²) in [5.41, 5.74) is 0.879. The van der Waals surface area contributed by atoms with Crippen molar-refractivity contribution in [2.45, 2.75) is 39.7 Å². The van der Waals surface area contributed by atoms with Gasteiger partial charge in [-0.25, -0.2) is 13.4 Å². The molecule has 1 fully saturated rings. The van der Waals surface area contributed by atoms with Gasteiger partial charge in [-0.3, -0.25) is 0 Å². The molecule has 0 spiro atoms. The number of aryl methyl sites for hydroxylation is 1. The quantitative estimate of drug-likeness (QED) is 0.860. The second-order valence-electron chi connectivity index (χ2n) is 6.47. The third-order valence-corrected chi connectivity index (χ3v) is 5.69. The van der Waals surface area contributed by atoms with Crippen LogP contribution >= 0.6 is 0 Å². The van der Waals surface area contributed by atoms with Crippen LogP contribution in [-0.2, 0) is 9.84 Å². The van der Waals surface area contributed by atoms with Crippen molar-refractivity contribution in [3.63, 3.8) is 0 Å². The number of hydrogen-bond acceptors (Lipinski definition) is 6. The van der Waals surface area contributed by atoms with E-state index < -0.39 is 9.84 Å². The largest absolute Gasteiger partial charge is 0.370 e. The van der Waals surface area contributed by atoms with Crippen LogP contribution in [-0.4, -0.2) is 49.5 Å². The monoisotopic (exact) mass is 326 g/mol. The summed E-state index contributed by atoms with van der Waals surface area (Å²) in [5.74, 6) is 2.48. The second-order valence-corrected chi connectivity index (χ2v) is 8.70. The molecule has 0 aliphatic carbocycles. The number of nitrogens with one attached hydrogen (secondary N) is 1. The Morgan fingerprint density at radius 1 is 1.41 bits per heavy atom. The third-order valence-electron chi connectivity index (χ3n) is 3.94. The van der Waals surface area contributed by atoms with Crippen molar-refractivity contribution in [2.24, 2.45) is 5.92 Å². The highest BCUT2D eigenvalue weighted by molar-refractivity contribution is 7.91. The zero-order valence-electron chi connectivity index (χ0n) is 13.8. The van der Waals surface area contributed by atoms with Crippen LogP contribution in [0.25, 0.3) is 0 Å². The molecule has 1 N–H and O–H groups in total. The molecule has 2 rings (SSSR count). The highest BCUT2D eigenvalue weighted by atomic mass is 32.2. The van der Waals surface area contributed by atoms with E-state index in [-0.39, 0.29) is 17.5 Å². The maximum atomic E-state index is 11.6. The van der Waals surface area contributed by atoms with Gasteiger partial charge in [0.2, 0.25) is 5.95 Å². The fourth-order valence-electron chi connectivity index (χ4n) is 2.53. The zero-order chi connectivity index (χ0) is 16.3. The van der Waals surface area contributed by atoms with Crippen LogP contribution < -0.4 is 10.2 Å². The number of hydrogen-bond donors (Lipinski definition) is 1. The lowest BCUT2D eigenvalue weighted by Gasteiger charge is -2.24. The average molecular weight is 326 g/mol. The molecule has 1 unspecified atom stereocenters. The lowest BCUT2D eigenvalue weighted by atomic mass is 10.1. The highest BCUT2D eigenvalue weighted by Gasteiger charge is 2.31. The minimum Gasteiger partial charge on any atom is -0.370 e. The minimum absolute atomic E-state index is 0.0321. The van der Waals surface area contributed by atoms with Gasteiger partial charge in [0.15, 0.2) is 9.84 Å². The molecule has 1 atom stereocenters. The lowest BCUT2D eigenvalue weighted by molar-refractivity contribution is 0.600. The standard InChI is InChI=1S/C15H26N4O2S/c1-11(2)5-7-16-14-9-12(3)17-15(18-14)19(4)13-6-8-22(20,21)10-13/h9,11,13H,5-8,10H2,1-4H3,(H,16,17,18). The highest BCUT2D eigenvalue weighted by Crippen LogP contribution is 2.21. The third kappa shape index (κ3) is 4.56. The van der Waals surface area contributed by atoms with Gasteiger partial charge < -0.3 is 10.2 Å². The van der Waals surface area contributed by atoms with Gasteiger partial charge in [0, 0.05) is 31.4 Å². The molecule has 1 aliphatic heterocycles. The molecule has 2 heterocycles. The van der Waals surface area contributed by atoms with Gasteiger partial charge in [-0.2, -0.15) is 4.98 Å². The average Bonchev–Trinajstić information content (AvgIpc) is 2.77. The first-order chi connectivity index (χ1) is 10.3. The van der Waals surface area contributed by atoms with Crippen LogP contribution in [0.1, 0.15) is 32.4 Å². The van der Waals surface area contributed by atoms with E-state index in [1.54, 1.807) is 0 Å². The van der Waals surface area contributed by atoms with E-state index in [0.29, 0.717) is 18.3 Å². The van der Waals surface area contributed by atoms with Gasteiger partial charge >= 0.3 is 0 Å². The molecule has 1 aromatic heterocycles. The topological polar surface area (TPSA) is 75.2 Å². The molecule has 0 saturated carbocycles. The van der Waals surface area contributed by atoms with Crippen molar-refractivity contribution >= 4 is 21.6 Å². The van der Waals surface area contributed by atoms with E-state index in [1.807, 2.05) is 24.9 Å². The Morgan fingerprint density at radius 2 is 2.14 bits per heavy atom. The van der Waals surface area contributed by atoms with Crippen LogP contribution in [0, 0.1) is 12.8 Å². The number of rotatable bonds is 6. The van der Waals surface area contributed by atoms with Gasteiger partial charge in [-0.05, 0) is 25.7 Å². The maximum Gasteiger partial charge on any atom is 0.227 e. The SMILES string of the molecule is Cc1cc(NCCC(C)C)nc(N(C)C2CCS(=O)(=O)C2)n1. The van der Waals surface area contributed by atoms with E-state index >= 15 is 0 Å². The minimum atomic E-state index is -2.91. The van der Waals surface area contributed by atoms with Crippen LogP contribution in [0.5, 0.6) is 0 Å². The molecule has 124 valence electrons. The molecule has 0 radical (unpaired) electrons. The summed E-state index contributed by atoms with van der Waals surface area (Å²) in [6, 6.07) is 1.89. The fourth-order valence-corrected chi connectivity index (χ4v) is 4.31. The molecular formula is C15H26N4O2S. The summed E-state index contributed by atoms with van der Waals surface area (Å²) in [4.78, 5) is 10.9. The van der Waals surface area contributed by atoms with E-state index in [2.05, 4.69) is 29.1 Å². The van der Waals surface area contributed by atoms with Crippen molar-refractivity contribution < 1.29 is 8.42 Å². The Labute approximate surface area is 133 Å². The number of aromatic nitrogens is 2. The molecule has 22 heavy (non-hydrogen) atoms. The van der Waals surface area contributed by atoms with Crippen molar-refractivity contribution in [3.05, 3.63) is 11.8 Å². The van der Waals surface area contributed by atoms with E-state index in [1.165, 1.54) is 0 Å². The Morgan fingerprint density at radius 3 is 2.73 bits per heavy atom. The molecule has 1 aliphatic rings. The molecule has 7 heteroatoms. The molecule has 6 nitrogen and oxygen atoms in total. The maximum absolute atomic E-state index is 11.6. The zero-order valence-corrected chi connectivity index (χ0v) is 14.7. The van der Waals surface area contributed by atoms with Crippen LogP contribution in [0.4, 0.5) is 11.8 Å². The number of sulfone groups is 1. The normalized spacial score (nSPS) is 20.3. The summed E-state index contributed by atoms with van der Waals surface area (Å²) >= 11 is 0. The fraction of sp³-hybridized carbons (Fsp3) is 0.733. The van der Waals surface area contributed by atoms with Crippen molar-refractivity contribution in [3.8, 4) is 0 Å². The molecular weight excluding hydrogens is 300 g/mol. The summed E-state index contributed by atoms with van der Waals surface area (Å²) in [7, 11) is -1.03. The summed E-state index contributed by atoms with van der Waals surface area (Å²) in [6.07, 6.45) is 1.72. The van der Waals surface area contributed by atoms with Crippen molar-refractivity contribution in [2.75, 3.05) is 35.3 Å². The van der Waals surface area contributed by atoms with E-state index in [0.717, 1.165) is 24.5 Å². The predicted octanol–water partition coefficient (Wildman–Crippen LogP) is 1.87. The van der Waals surface area contributed by atoms with Gasteiger partial charge in [0.05, 0.1) is 11.5 Å². The summed E-state index contributed by atoms with van der Waals surface area (Å²) in [5, 5.41) is 3.32. The molecule has 0 amide bonds. The van der Waals surface area contributed by atoms with Crippen LogP contribution in [0.3, 0.4) is 0 Å². The Balaban J connectivity index is 2.08. The van der Waals surface area contributed by atoms with Crippen molar-refractivity contribution in [1.82, 2.24) is 9.97 Å². The summed E-state index contributed by atoms with van der Waals surface area (Å²) in [6.45, 7) is 7.17. The predicted molar refractivity (Wildman–Crippen MR) is 90.2 cm³/mol. The van der Waals surface area contributed by atoms with E-state index in [9.17, 15) is 8.42 Å². The number of anilines is 2. The lowest BCUT2D eigenvalue weighted by Crippen LogP contribution is -2.34. The van der Waals surface area contributed by atoms with Gasteiger partial charge in [0.1, 0.15) is 5.82 Å². The summed E-state index contributed by atoms with van der Waals surface area (Å²) < 4.78 is 23.3. The molecule has 0 bridgehead atoms. The Kier molecular flexibility index (Phi) is 5.26. The smallest absolute Gasteiger partial charge is 0.227 e. The first kappa shape index (κ1) is 17.0. The second kappa shape index (κ2) is 6.81. The molecule has 1 aromatic rings. The first-order valence-corrected chi connectivity index (χ1v) is 9.62. The van der Waals surface area contributed by atoms with Crippen LogP contribution in [0.2, 0.25) is 0 Å². The van der Waals surface area contributed by atoms with Gasteiger partial charge in [-0.1, -0.05) is 13.8 Å². The van der Waals surface area contributed by atoms with Crippen LogP contribution in [0.15, 0.2) is 6.07 Å². The Bertz CT molecular complexity index is 616. The molecule has 1 saturated heterocycles. The molecule has 0 aromatic carbocycles. The van der Waals surface area contributed by atoms with Gasteiger partial charge in [-0.15, -0.1) is 0 Å². The Hall–Kier alpha value is -1.37. The first-order valence-electron chi connectivity index (χ1n) is 7.79. The van der Waals surface area contributed by atoms with E-state index in [4.69, 9.17) is 0 Å².